The molecular formula is C18H23NO. The molecule has 0 aliphatic carbocycles. The van der Waals surface area contributed by atoms with Crippen LogP contribution in [0.4, 0.5) is 0 Å². The van der Waals surface area contributed by atoms with Gasteiger partial charge in [0.2, 0.25) is 0 Å². The minimum atomic E-state index is -0.355. The van der Waals surface area contributed by atoms with E-state index in [1.807, 2.05) is 6.07 Å². The van der Waals surface area contributed by atoms with Crippen LogP contribution in [0.2, 0.25) is 0 Å². The van der Waals surface area contributed by atoms with Crippen LogP contribution in [0.3, 0.4) is 0 Å². The summed E-state index contributed by atoms with van der Waals surface area (Å²) in [5.41, 5.74) is 5.04. The average molecular weight is 269 g/mol. The van der Waals surface area contributed by atoms with Crippen molar-refractivity contribution in [2.24, 2.45) is 0 Å². The Kier molecular flexibility index (Phi) is 4.94. The summed E-state index contributed by atoms with van der Waals surface area (Å²) in [5, 5.41) is 13.0. The summed E-state index contributed by atoms with van der Waals surface area (Å²) >= 11 is 0. The molecule has 2 nitrogen and oxygen atoms in total. The van der Waals surface area contributed by atoms with Crippen LogP contribution in [0.15, 0.2) is 48.5 Å². The highest BCUT2D eigenvalue weighted by molar-refractivity contribution is 5.38. The first-order valence-electron chi connectivity index (χ1n) is 7.11. The third-order valence-corrected chi connectivity index (χ3v) is 3.49. The van der Waals surface area contributed by atoms with Gasteiger partial charge in [0, 0.05) is 6.54 Å². The molecule has 0 aromatic heterocycles. The van der Waals surface area contributed by atoms with Crippen LogP contribution in [0.1, 0.15) is 35.2 Å². The lowest BCUT2D eigenvalue weighted by Crippen LogP contribution is -2.30. The van der Waals surface area contributed by atoms with Crippen molar-refractivity contribution in [3.8, 4) is 0 Å². The van der Waals surface area contributed by atoms with E-state index in [0.717, 1.165) is 0 Å². The van der Waals surface area contributed by atoms with Crippen molar-refractivity contribution in [3.63, 3.8) is 0 Å². The molecule has 2 rings (SSSR count). The van der Waals surface area contributed by atoms with Crippen LogP contribution in [0.25, 0.3) is 0 Å². The SMILES string of the molecule is Cc1ccc(C(NCC(C)O)c2ccccc2)c(C)c1. The molecule has 2 unspecified atom stereocenters. The average Bonchev–Trinajstić information content (AvgIpc) is 2.42. The third kappa shape index (κ3) is 3.69. The number of nitrogens with one attached hydrogen (secondary N) is 1. The molecule has 0 aliphatic heterocycles. The highest BCUT2D eigenvalue weighted by Crippen LogP contribution is 2.25. The van der Waals surface area contributed by atoms with E-state index in [9.17, 15) is 5.11 Å². The number of hydrogen-bond donors (Lipinski definition) is 2. The summed E-state index contributed by atoms with van der Waals surface area (Å²) in [6, 6.07) is 17.0. The second-order valence-electron chi connectivity index (χ2n) is 5.46. The maximum absolute atomic E-state index is 9.55. The van der Waals surface area contributed by atoms with Gasteiger partial charge in [-0.15, -0.1) is 0 Å². The van der Waals surface area contributed by atoms with E-state index >= 15 is 0 Å². The molecule has 0 spiro atoms. The molecule has 2 aromatic carbocycles. The zero-order valence-electron chi connectivity index (χ0n) is 12.4. The Morgan fingerprint density at radius 2 is 1.75 bits per heavy atom. The van der Waals surface area contributed by atoms with Crippen molar-refractivity contribution in [2.75, 3.05) is 6.54 Å². The fraction of sp³-hybridized carbons (Fsp3) is 0.333. The van der Waals surface area contributed by atoms with Crippen molar-refractivity contribution in [2.45, 2.75) is 32.9 Å². The topological polar surface area (TPSA) is 32.3 Å². The Hall–Kier alpha value is -1.64. The fourth-order valence-electron chi connectivity index (χ4n) is 2.49. The van der Waals surface area contributed by atoms with Crippen molar-refractivity contribution in [3.05, 3.63) is 70.8 Å². The number of hydrogen-bond acceptors (Lipinski definition) is 2. The lowest BCUT2D eigenvalue weighted by Gasteiger charge is -2.23. The summed E-state index contributed by atoms with van der Waals surface area (Å²) in [6.45, 7) is 6.63. The lowest BCUT2D eigenvalue weighted by molar-refractivity contribution is 0.188. The second-order valence-corrected chi connectivity index (χ2v) is 5.46. The van der Waals surface area contributed by atoms with E-state index in [2.05, 4.69) is 61.6 Å². The Morgan fingerprint density at radius 3 is 2.35 bits per heavy atom. The largest absolute Gasteiger partial charge is 0.392 e. The molecule has 2 N–H and O–H groups in total. The molecule has 106 valence electrons. The standard InChI is InChI=1S/C18H23NO/c1-13-9-10-17(14(2)11-13)18(19-12-15(3)20)16-7-5-4-6-8-16/h4-11,15,18-20H,12H2,1-3H3. The van der Waals surface area contributed by atoms with E-state index in [4.69, 9.17) is 0 Å². The first-order chi connectivity index (χ1) is 9.58. The van der Waals surface area contributed by atoms with E-state index in [0.29, 0.717) is 6.54 Å². The van der Waals surface area contributed by atoms with Crippen molar-refractivity contribution in [1.82, 2.24) is 5.32 Å². The minimum absolute atomic E-state index is 0.117. The first kappa shape index (κ1) is 14.8. The Bertz CT molecular complexity index is 549. The Balaban J connectivity index is 2.35. The molecule has 2 heteroatoms. The number of aryl methyl sites for hydroxylation is 2. The second kappa shape index (κ2) is 6.69. The van der Waals surface area contributed by atoms with Gasteiger partial charge in [0.1, 0.15) is 0 Å². The summed E-state index contributed by atoms with van der Waals surface area (Å²) in [4.78, 5) is 0. The van der Waals surface area contributed by atoms with Gasteiger partial charge in [-0.3, -0.25) is 0 Å². The van der Waals surface area contributed by atoms with Crippen LogP contribution in [0.5, 0.6) is 0 Å². The van der Waals surface area contributed by atoms with Gasteiger partial charge in [-0.2, -0.15) is 0 Å². The van der Waals surface area contributed by atoms with Crippen LogP contribution < -0.4 is 5.32 Å². The molecular weight excluding hydrogens is 246 g/mol. The Labute approximate surface area is 121 Å². The van der Waals surface area contributed by atoms with Crippen LogP contribution in [-0.2, 0) is 0 Å². The van der Waals surface area contributed by atoms with Gasteiger partial charge in [-0.25, -0.2) is 0 Å². The molecule has 0 bridgehead atoms. The zero-order chi connectivity index (χ0) is 14.5. The monoisotopic (exact) mass is 269 g/mol. The van der Waals surface area contributed by atoms with Crippen LogP contribution in [0, 0.1) is 13.8 Å². The third-order valence-electron chi connectivity index (χ3n) is 3.49. The predicted octanol–water partition coefficient (Wildman–Crippen LogP) is 3.36. The quantitative estimate of drug-likeness (QED) is 0.872. The summed E-state index contributed by atoms with van der Waals surface area (Å²) in [5.74, 6) is 0. The fourth-order valence-corrected chi connectivity index (χ4v) is 2.49. The van der Waals surface area contributed by atoms with Gasteiger partial charge < -0.3 is 10.4 Å². The summed E-state index contributed by atoms with van der Waals surface area (Å²) < 4.78 is 0. The number of rotatable bonds is 5. The van der Waals surface area contributed by atoms with Crippen LogP contribution in [-0.4, -0.2) is 17.8 Å². The highest BCUT2D eigenvalue weighted by Gasteiger charge is 2.16. The normalized spacial score (nSPS) is 14.0. The maximum Gasteiger partial charge on any atom is 0.0636 e. The van der Waals surface area contributed by atoms with E-state index < -0.39 is 0 Å². The molecule has 0 saturated carbocycles. The van der Waals surface area contributed by atoms with Gasteiger partial charge >= 0.3 is 0 Å². The molecule has 0 aliphatic rings. The molecule has 0 saturated heterocycles. The van der Waals surface area contributed by atoms with E-state index in [-0.39, 0.29) is 12.1 Å². The van der Waals surface area contributed by atoms with E-state index in [1.54, 1.807) is 6.92 Å². The number of aliphatic hydroxyl groups is 1. The molecule has 0 fully saturated rings. The van der Waals surface area contributed by atoms with Gasteiger partial charge in [-0.1, -0.05) is 54.1 Å². The summed E-state index contributed by atoms with van der Waals surface area (Å²) in [7, 11) is 0. The number of benzene rings is 2. The van der Waals surface area contributed by atoms with Crippen molar-refractivity contribution < 1.29 is 5.11 Å². The van der Waals surface area contributed by atoms with Gasteiger partial charge in [-0.05, 0) is 37.5 Å². The van der Waals surface area contributed by atoms with E-state index in [1.165, 1.54) is 22.3 Å². The minimum Gasteiger partial charge on any atom is -0.392 e. The lowest BCUT2D eigenvalue weighted by atomic mass is 9.93. The first-order valence-corrected chi connectivity index (χ1v) is 7.11. The maximum atomic E-state index is 9.55. The predicted molar refractivity (Wildman–Crippen MR) is 83.9 cm³/mol. The van der Waals surface area contributed by atoms with Gasteiger partial charge in [0.15, 0.2) is 0 Å². The molecule has 0 heterocycles. The smallest absolute Gasteiger partial charge is 0.0636 e. The van der Waals surface area contributed by atoms with Gasteiger partial charge in [0.25, 0.3) is 0 Å². The van der Waals surface area contributed by atoms with Crippen LogP contribution >= 0.6 is 0 Å². The molecule has 0 amide bonds. The highest BCUT2D eigenvalue weighted by atomic mass is 16.3. The Morgan fingerprint density at radius 1 is 1.05 bits per heavy atom. The molecule has 0 radical (unpaired) electrons. The molecule has 2 aromatic rings. The molecule has 2 atom stereocenters. The number of aliphatic hydroxyl groups excluding tert-OH is 1. The van der Waals surface area contributed by atoms with Gasteiger partial charge in [0.05, 0.1) is 12.1 Å². The summed E-state index contributed by atoms with van der Waals surface area (Å²) in [6.07, 6.45) is -0.355. The molecule has 20 heavy (non-hydrogen) atoms. The van der Waals surface area contributed by atoms with Crippen molar-refractivity contribution in [1.29, 1.82) is 0 Å². The van der Waals surface area contributed by atoms with Crippen molar-refractivity contribution >= 4 is 0 Å². The zero-order valence-corrected chi connectivity index (χ0v) is 12.4.